The third kappa shape index (κ3) is 4.94. The van der Waals surface area contributed by atoms with Crippen LogP contribution in [0.2, 0.25) is 0 Å². The second-order valence-corrected chi connectivity index (χ2v) is 6.08. The summed E-state index contributed by atoms with van der Waals surface area (Å²) in [7, 11) is 0. The summed E-state index contributed by atoms with van der Waals surface area (Å²) in [5, 5.41) is 17.2. The lowest BCUT2D eigenvalue weighted by Crippen LogP contribution is -2.26. The highest BCUT2D eigenvalue weighted by Crippen LogP contribution is 2.27. The highest BCUT2D eigenvalue weighted by Gasteiger charge is 2.20. The third-order valence-corrected chi connectivity index (χ3v) is 4.24. The Labute approximate surface area is 136 Å². The Balaban J connectivity index is 2.12. The van der Waals surface area contributed by atoms with Crippen LogP contribution in [0.15, 0.2) is 18.2 Å². The van der Waals surface area contributed by atoms with Crippen molar-refractivity contribution in [3.63, 3.8) is 0 Å². The number of carbonyl (C=O) groups is 1. The Morgan fingerprint density at radius 2 is 2.04 bits per heavy atom. The van der Waals surface area contributed by atoms with E-state index in [0.717, 1.165) is 32.1 Å². The van der Waals surface area contributed by atoms with Crippen molar-refractivity contribution in [2.45, 2.75) is 57.9 Å². The van der Waals surface area contributed by atoms with Crippen LogP contribution < -0.4 is 10.6 Å². The second-order valence-electron chi connectivity index (χ2n) is 6.08. The first-order valence-electron chi connectivity index (χ1n) is 8.45. The number of carbonyl (C=O) groups excluding carboxylic acids is 1. The standard InChI is InChI=1S/C17H25N3O3/c1-2-3-6-11-18-17(21)15-12-14(20(22)23)9-10-16(15)19-13-7-4-5-8-13/h9-10,12-13,19H,2-8,11H2,1H3,(H,18,21). The molecule has 0 radical (unpaired) electrons. The van der Waals surface area contributed by atoms with E-state index in [9.17, 15) is 14.9 Å². The minimum atomic E-state index is -0.465. The van der Waals surface area contributed by atoms with Crippen molar-refractivity contribution >= 4 is 17.3 Å². The van der Waals surface area contributed by atoms with Gasteiger partial charge in [0, 0.05) is 30.4 Å². The maximum absolute atomic E-state index is 12.4. The molecule has 0 spiro atoms. The van der Waals surface area contributed by atoms with Gasteiger partial charge in [-0.3, -0.25) is 14.9 Å². The molecule has 0 heterocycles. The van der Waals surface area contributed by atoms with Gasteiger partial charge in [-0.2, -0.15) is 0 Å². The number of rotatable bonds is 8. The number of nitrogens with one attached hydrogen (secondary N) is 2. The quantitative estimate of drug-likeness (QED) is 0.433. The molecule has 0 atom stereocenters. The van der Waals surface area contributed by atoms with E-state index in [1.807, 2.05) is 0 Å². The predicted molar refractivity (Wildman–Crippen MR) is 90.8 cm³/mol. The Morgan fingerprint density at radius 3 is 2.70 bits per heavy atom. The van der Waals surface area contributed by atoms with E-state index in [2.05, 4.69) is 17.6 Å². The molecular formula is C17H25N3O3. The van der Waals surface area contributed by atoms with Crippen LogP contribution in [0, 0.1) is 10.1 Å². The van der Waals surface area contributed by atoms with Crippen LogP contribution in [-0.4, -0.2) is 23.4 Å². The SMILES string of the molecule is CCCCCNC(=O)c1cc([N+](=O)[O-])ccc1NC1CCCC1. The average Bonchev–Trinajstić information content (AvgIpc) is 3.04. The maximum Gasteiger partial charge on any atom is 0.270 e. The van der Waals surface area contributed by atoms with E-state index in [1.54, 1.807) is 6.07 Å². The zero-order valence-corrected chi connectivity index (χ0v) is 13.6. The summed E-state index contributed by atoms with van der Waals surface area (Å²) >= 11 is 0. The molecule has 1 aromatic carbocycles. The highest BCUT2D eigenvalue weighted by molar-refractivity contribution is 6.00. The first kappa shape index (κ1) is 17.2. The minimum Gasteiger partial charge on any atom is -0.382 e. The molecule has 0 saturated heterocycles. The van der Waals surface area contributed by atoms with Crippen LogP contribution in [-0.2, 0) is 0 Å². The topological polar surface area (TPSA) is 84.3 Å². The zero-order valence-electron chi connectivity index (χ0n) is 13.6. The zero-order chi connectivity index (χ0) is 16.7. The fraction of sp³-hybridized carbons (Fsp3) is 0.588. The molecule has 2 rings (SSSR count). The molecule has 6 heteroatoms. The van der Waals surface area contributed by atoms with Crippen LogP contribution in [0.5, 0.6) is 0 Å². The summed E-state index contributed by atoms with van der Waals surface area (Å²) < 4.78 is 0. The van der Waals surface area contributed by atoms with Crippen molar-refractivity contribution in [2.24, 2.45) is 0 Å². The molecule has 0 aliphatic heterocycles. The van der Waals surface area contributed by atoms with Crippen LogP contribution in [0.3, 0.4) is 0 Å². The molecule has 1 saturated carbocycles. The molecule has 126 valence electrons. The lowest BCUT2D eigenvalue weighted by molar-refractivity contribution is -0.384. The fourth-order valence-corrected chi connectivity index (χ4v) is 2.92. The largest absolute Gasteiger partial charge is 0.382 e. The van der Waals surface area contributed by atoms with Crippen LogP contribution >= 0.6 is 0 Å². The molecule has 1 fully saturated rings. The summed E-state index contributed by atoms with van der Waals surface area (Å²) in [6, 6.07) is 4.82. The molecule has 0 unspecified atom stereocenters. The number of anilines is 1. The van der Waals surface area contributed by atoms with Gasteiger partial charge in [0.05, 0.1) is 10.5 Å². The summed E-state index contributed by atoms with van der Waals surface area (Å²) in [5.41, 5.74) is 0.999. The molecule has 6 nitrogen and oxygen atoms in total. The maximum atomic E-state index is 12.4. The molecule has 1 amide bonds. The van der Waals surface area contributed by atoms with Gasteiger partial charge in [-0.1, -0.05) is 32.6 Å². The number of hydrogen-bond acceptors (Lipinski definition) is 4. The molecule has 2 N–H and O–H groups in total. The Hall–Kier alpha value is -2.11. The van der Waals surface area contributed by atoms with Crippen molar-refractivity contribution in [1.82, 2.24) is 5.32 Å². The van der Waals surface area contributed by atoms with Crippen molar-refractivity contribution < 1.29 is 9.72 Å². The third-order valence-electron chi connectivity index (χ3n) is 4.24. The smallest absolute Gasteiger partial charge is 0.270 e. The number of non-ortho nitro benzene ring substituents is 1. The van der Waals surface area contributed by atoms with E-state index < -0.39 is 4.92 Å². The molecule has 1 aliphatic rings. The summed E-state index contributed by atoms with van der Waals surface area (Å²) in [6.07, 6.45) is 7.58. The van der Waals surface area contributed by atoms with E-state index in [1.165, 1.54) is 25.0 Å². The van der Waals surface area contributed by atoms with Gasteiger partial charge in [0.1, 0.15) is 0 Å². The summed E-state index contributed by atoms with van der Waals surface area (Å²) in [4.78, 5) is 22.9. The second kappa shape index (κ2) is 8.50. The van der Waals surface area contributed by atoms with Crippen LogP contribution in [0.4, 0.5) is 11.4 Å². The predicted octanol–water partition coefficient (Wildman–Crippen LogP) is 3.87. The van der Waals surface area contributed by atoms with Gasteiger partial charge in [0.15, 0.2) is 0 Å². The fourth-order valence-electron chi connectivity index (χ4n) is 2.92. The first-order valence-corrected chi connectivity index (χ1v) is 8.45. The molecule has 23 heavy (non-hydrogen) atoms. The number of amides is 1. The normalized spacial score (nSPS) is 14.7. The van der Waals surface area contributed by atoms with Crippen molar-refractivity contribution in [3.05, 3.63) is 33.9 Å². The van der Waals surface area contributed by atoms with Gasteiger partial charge in [0.25, 0.3) is 11.6 Å². The summed E-state index contributed by atoms with van der Waals surface area (Å²) in [5.74, 6) is -0.245. The molecule has 0 aromatic heterocycles. The number of unbranched alkanes of at least 4 members (excludes halogenated alkanes) is 2. The lowest BCUT2D eigenvalue weighted by Gasteiger charge is -2.17. The molecule has 1 aromatic rings. The average molecular weight is 319 g/mol. The van der Waals surface area contributed by atoms with E-state index in [0.29, 0.717) is 23.8 Å². The number of nitro groups is 1. The van der Waals surface area contributed by atoms with Crippen LogP contribution in [0.25, 0.3) is 0 Å². The van der Waals surface area contributed by atoms with Crippen molar-refractivity contribution in [1.29, 1.82) is 0 Å². The van der Waals surface area contributed by atoms with Gasteiger partial charge in [0.2, 0.25) is 0 Å². The highest BCUT2D eigenvalue weighted by atomic mass is 16.6. The molecule has 0 bridgehead atoms. The van der Waals surface area contributed by atoms with Crippen LogP contribution in [0.1, 0.15) is 62.2 Å². The monoisotopic (exact) mass is 319 g/mol. The number of nitro benzene ring substituents is 1. The van der Waals surface area contributed by atoms with Gasteiger partial charge in [-0.25, -0.2) is 0 Å². The lowest BCUT2D eigenvalue weighted by atomic mass is 10.1. The first-order chi connectivity index (χ1) is 11.1. The van der Waals surface area contributed by atoms with Gasteiger partial charge in [-0.15, -0.1) is 0 Å². The Morgan fingerprint density at radius 1 is 1.30 bits per heavy atom. The Bertz CT molecular complexity index is 554. The van der Waals surface area contributed by atoms with E-state index in [-0.39, 0.29) is 11.6 Å². The van der Waals surface area contributed by atoms with E-state index in [4.69, 9.17) is 0 Å². The van der Waals surface area contributed by atoms with Gasteiger partial charge in [-0.05, 0) is 25.3 Å². The van der Waals surface area contributed by atoms with Crippen molar-refractivity contribution in [2.75, 3.05) is 11.9 Å². The van der Waals surface area contributed by atoms with E-state index >= 15 is 0 Å². The Kier molecular flexibility index (Phi) is 6.38. The molecule has 1 aliphatic carbocycles. The number of hydrogen-bond donors (Lipinski definition) is 2. The number of nitrogens with zero attached hydrogens (tertiary/aromatic N) is 1. The summed E-state index contributed by atoms with van der Waals surface area (Å²) in [6.45, 7) is 2.70. The minimum absolute atomic E-state index is 0.0549. The van der Waals surface area contributed by atoms with Gasteiger partial charge >= 0.3 is 0 Å². The van der Waals surface area contributed by atoms with Gasteiger partial charge < -0.3 is 10.6 Å². The number of benzene rings is 1. The molecular weight excluding hydrogens is 294 g/mol. The van der Waals surface area contributed by atoms with Crippen molar-refractivity contribution in [3.8, 4) is 0 Å².